The molecule has 0 saturated carbocycles. The molecule has 0 heterocycles. The molecule has 2 amide bonds. The van der Waals surface area contributed by atoms with Gasteiger partial charge in [0.25, 0.3) is 11.8 Å². The second-order valence-electron chi connectivity index (χ2n) is 4.20. The maximum Gasteiger partial charge on any atom is 0.265 e. The van der Waals surface area contributed by atoms with Crippen molar-refractivity contribution in [1.82, 2.24) is 5.43 Å². The molecule has 2 rings (SSSR count). The van der Waals surface area contributed by atoms with Gasteiger partial charge in [-0.1, -0.05) is 24.3 Å². The third-order valence-electron chi connectivity index (χ3n) is 2.65. The molecule has 0 aromatic heterocycles. The van der Waals surface area contributed by atoms with Crippen molar-refractivity contribution in [1.29, 1.82) is 0 Å². The maximum absolute atomic E-state index is 11.7. The Morgan fingerprint density at radius 3 is 2.52 bits per heavy atom. The molecule has 21 heavy (non-hydrogen) atoms. The number of hydrogen-bond donors (Lipinski definition) is 3. The van der Waals surface area contributed by atoms with Gasteiger partial charge in [-0.3, -0.25) is 15.0 Å². The predicted molar refractivity (Wildman–Crippen MR) is 78.7 cm³/mol. The summed E-state index contributed by atoms with van der Waals surface area (Å²) in [6, 6.07) is 15.5. The Kier molecular flexibility index (Phi) is 4.89. The highest BCUT2D eigenvalue weighted by Crippen LogP contribution is 2.13. The van der Waals surface area contributed by atoms with Crippen LogP contribution in [0.3, 0.4) is 0 Å². The highest BCUT2D eigenvalue weighted by molar-refractivity contribution is 5.94. The fraction of sp³-hybridized carbons (Fsp3) is 0.0667. The number of para-hydroxylation sites is 1. The van der Waals surface area contributed by atoms with Crippen molar-refractivity contribution in [3.05, 3.63) is 60.2 Å². The normalized spacial score (nSPS) is 9.76. The van der Waals surface area contributed by atoms with E-state index in [2.05, 4.69) is 5.32 Å². The molecular weight excluding hydrogens is 270 g/mol. The topological polar surface area (TPSA) is 93.4 Å². The Labute approximate surface area is 121 Å². The van der Waals surface area contributed by atoms with Crippen LogP contribution in [-0.4, -0.2) is 18.4 Å². The maximum atomic E-state index is 11.7. The number of benzene rings is 2. The Morgan fingerprint density at radius 1 is 1.05 bits per heavy atom. The molecule has 0 saturated heterocycles. The van der Waals surface area contributed by atoms with Gasteiger partial charge in [-0.2, -0.15) is 0 Å². The number of rotatable bonds is 5. The van der Waals surface area contributed by atoms with Crippen LogP contribution in [0, 0.1) is 0 Å². The van der Waals surface area contributed by atoms with E-state index >= 15 is 0 Å². The molecule has 6 nitrogen and oxygen atoms in total. The van der Waals surface area contributed by atoms with E-state index in [4.69, 9.17) is 10.6 Å². The molecule has 0 radical (unpaired) electrons. The summed E-state index contributed by atoms with van der Waals surface area (Å²) in [5.74, 6) is 4.77. The van der Waals surface area contributed by atoms with Crippen molar-refractivity contribution >= 4 is 17.5 Å². The number of ether oxygens (including phenoxy) is 1. The van der Waals surface area contributed by atoms with Gasteiger partial charge in [0.15, 0.2) is 6.61 Å². The van der Waals surface area contributed by atoms with Crippen LogP contribution in [0.15, 0.2) is 54.6 Å². The molecule has 0 aliphatic rings. The molecule has 0 spiro atoms. The van der Waals surface area contributed by atoms with Crippen molar-refractivity contribution in [3.8, 4) is 5.75 Å². The first-order chi connectivity index (χ1) is 10.2. The summed E-state index contributed by atoms with van der Waals surface area (Å²) < 4.78 is 5.34. The zero-order valence-electron chi connectivity index (χ0n) is 11.2. The lowest BCUT2D eigenvalue weighted by Crippen LogP contribution is -2.29. The molecule has 2 aromatic rings. The van der Waals surface area contributed by atoms with Crippen LogP contribution in [0.25, 0.3) is 0 Å². The lowest BCUT2D eigenvalue weighted by molar-refractivity contribution is -0.118. The van der Waals surface area contributed by atoms with Crippen LogP contribution in [-0.2, 0) is 4.79 Å². The van der Waals surface area contributed by atoms with Gasteiger partial charge >= 0.3 is 0 Å². The first-order valence-corrected chi connectivity index (χ1v) is 6.28. The van der Waals surface area contributed by atoms with Crippen LogP contribution < -0.4 is 21.3 Å². The third-order valence-corrected chi connectivity index (χ3v) is 2.65. The summed E-state index contributed by atoms with van der Waals surface area (Å²) in [7, 11) is 0. The average Bonchev–Trinajstić information content (AvgIpc) is 2.53. The molecule has 108 valence electrons. The van der Waals surface area contributed by atoms with E-state index < -0.39 is 5.91 Å². The van der Waals surface area contributed by atoms with Crippen LogP contribution in [0.2, 0.25) is 0 Å². The zero-order chi connectivity index (χ0) is 15.1. The summed E-state index contributed by atoms with van der Waals surface area (Å²) in [4.78, 5) is 23.1. The number of nitrogens with two attached hydrogens (primary N) is 1. The number of nitrogen functional groups attached to an aromatic ring is 1. The second-order valence-corrected chi connectivity index (χ2v) is 4.20. The van der Waals surface area contributed by atoms with Gasteiger partial charge in [0, 0.05) is 11.3 Å². The monoisotopic (exact) mass is 285 g/mol. The van der Waals surface area contributed by atoms with Crippen LogP contribution in [0.4, 0.5) is 5.69 Å². The molecule has 0 aliphatic carbocycles. The summed E-state index contributed by atoms with van der Waals surface area (Å²) >= 11 is 0. The highest BCUT2D eigenvalue weighted by Gasteiger charge is 2.07. The number of carbonyl (C=O) groups is 2. The molecule has 0 fully saturated rings. The van der Waals surface area contributed by atoms with E-state index in [0.717, 1.165) is 0 Å². The number of amides is 2. The molecule has 4 N–H and O–H groups in total. The van der Waals surface area contributed by atoms with E-state index in [0.29, 0.717) is 17.0 Å². The quantitative estimate of drug-likeness (QED) is 0.438. The molecular formula is C15H15N3O3. The van der Waals surface area contributed by atoms with E-state index in [1.165, 1.54) is 6.07 Å². The predicted octanol–water partition coefficient (Wildman–Crippen LogP) is 1.31. The lowest BCUT2D eigenvalue weighted by atomic mass is 10.2. The summed E-state index contributed by atoms with van der Waals surface area (Å²) in [5.41, 5.74) is 3.09. The Morgan fingerprint density at radius 2 is 1.81 bits per heavy atom. The Balaban J connectivity index is 1.91. The zero-order valence-corrected chi connectivity index (χ0v) is 11.2. The highest BCUT2D eigenvalue weighted by atomic mass is 16.5. The van der Waals surface area contributed by atoms with Gasteiger partial charge in [-0.25, -0.2) is 5.84 Å². The van der Waals surface area contributed by atoms with E-state index in [9.17, 15) is 9.59 Å². The minimum absolute atomic E-state index is 0.150. The number of carbonyl (C=O) groups excluding carboxylic acids is 2. The largest absolute Gasteiger partial charge is 0.484 e. The second kappa shape index (κ2) is 7.06. The molecule has 0 aliphatic heterocycles. The van der Waals surface area contributed by atoms with Gasteiger partial charge in [0.1, 0.15) is 5.75 Å². The minimum atomic E-state index is -0.422. The molecule has 0 atom stereocenters. The Bertz CT molecular complexity index is 629. The van der Waals surface area contributed by atoms with E-state index in [-0.39, 0.29) is 12.5 Å². The summed E-state index contributed by atoms with van der Waals surface area (Å²) in [5, 5.41) is 2.70. The molecule has 6 heteroatoms. The van der Waals surface area contributed by atoms with Gasteiger partial charge in [-0.05, 0) is 30.3 Å². The number of hydrogen-bond acceptors (Lipinski definition) is 4. The average molecular weight is 285 g/mol. The summed E-state index contributed by atoms with van der Waals surface area (Å²) in [6.07, 6.45) is 0. The van der Waals surface area contributed by atoms with Crippen molar-refractivity contribution < 1.29 is 14.3 Å². The van der Waals surface area contributed by atoms with Gasteiger partial charge < -0.3 is 10.1 Å². The van der Waals surface area contributed by atoms with Crippen molar-refractivity contribution in [2.45, 2.75) is 0 Å². The SMILES string of the molecule is NNC(=O)c1cccc(OCC(=O)Nc2ccccc2)c1. The molecule has 0 bridgehead atoms. The number of anilines is 1. The van der Waals surface area contributed by atoms with Crippen molar-refractivity contribution in [2.75, 3.05) is 11.9 Å². The third kappa shape index (κ3) is 4.32. The lowest BCUT2D eigenvalue weighted by Gasteiger charge is -2.08. The van der Waals surface area contributed by atoms with Crippen molar-refractivity contribution in [3.63, 3.8) is 0 Å². The standard InChI is InChI=1S/C15H15N3O3/c16-18-15(20)11-5-4-8-13(9-11)21-10-14(19)17-12-6-2-1-3-7-12/h1-9H,10,16H2,(H,17,19)(H,18,20). The molecule has 2 aromatic carbocycles. The number of hydrazine groups is 1. The van der Waals surface area contributed by atoms with Crippen molar-refractivity contribution in [2.24, 2.45) is 5.84 Å². The fourth-order valence-corrected chi connectivity index (χ4v) is 1.68. The van der Waals surface area contributed by atoms with E-state index in [1.807, 2.05) is 23.6 Å². The smallest absolute Gasteiger partial charge is 0.265 e. The Hall–Kier alpha value is -2.86. The fourth-order valence-electron chi connectivity index (χ4n) is 1.68. The molecule has 0 unspecified atom stereocenters. The first kappa shape index (κ1) is 14.5. The van der Waals surface area contributed by atoms with Gasteiger partial charge in [-0.15, -0.1) is 0 Å². The van der Waals surface area contributed by atoms with Crippen LogP contribution in [0.5, 0.6) is 5.75 Å². The van der Waals surface area contributed by atoms with Gasteiger partial charge in [0.05, 0.1) is 0 Å². The van der Waals surface area contributed by atoms with E-state index in [1.54, 1.807) is 30.3 Å². The number of nitrogens with one attached hydrogen (secondary N) is 2. The van der Waals surface area contributed by atoms with Gasteiger partial charge in [0.2, 0.25) is 0 Å². The van der Waals surface area contributed by atoms with Crippen LogP contribution in [0.1, 0.15) is 10.4 Å². The summed E-state index contributed by atoms with van der Waals surface area (Å²) in [6.45, 7) is -0.150. The minimum Gasteiger partial charge on any atom is -0.484 e. The first-order valence-electron chi connectivity index (χ1n) is 6.28. The van der Waals surface area contributed by atoms with Crippen LogP contribution >= 0.6 is 0 Å².